The van der Waals surface area contributed by atoms with Gasteiger partial charge in [-0.15, -0.1) is 5.10 Å². The van der Waals surface area contributed by atoms with E-state index in [2.05, 4.69) is 10.1 Å². The molecule has 1 aliphatic rings. The van der Waals surface area contributed by atoms with Crippen LogP contribution in [0.5, 0.6) is 11.5 Å². The van der Waals surface area contributed by atoms with Gasteiger partial charge in [-0.2, -0.15) is 5.01 Å². The second-order valence-electron chi connectivity index (χ2n) is 5.45. The Hall–Kier alpha value is -3.42. The van der Waals surface area contributed by atoms with E-state index in [0.717, 1.165) is 0 Å². The number of carbonyl (C=O) groups excluding carboxylic acids is 2. The van der Waals surface area contributed by atoms with Crippen LogP contribution in [0.2, 0.25) is 0 Å². The van der Waals surface area contributed by atoms with Crippen molar-refractivity contribution < 1.29 is 23.8 Å². The van der Waals surface area contributed by atoms with E-state index in [0.29, 0.717) is 16.9 Å². The van der Waals surface area contributed by atoms with E-state index in [9.17, 15) is 9.59 Å². The Labute approximate surface area is 150 Å². The average molecular weight is 355 g/mol. The summed E-state index contributed by atoms with van der Waals surface area (Å²) in [5.41, 5.74) is 1.12. The molecular weight excluding hydrogens is 338 g/mol. The number of methoxy groups -OCH3 is 1. The van der Waals surface area contributed by atoms with Crippen molar-refractivity contribution in [1.82, 2.24) is 9.99 Å². The molecule has 8 nitrogen and oxygen atoms in total. The largest absolute Gasteiger partial charge is 0.493 e. The predicted molar refractivity (Wildman–Crippen MR) is 91.4 cm³/mol. The Kier molecular flexibility index (Phi) is 4.83. The molecule has 0 N–H and O–H groups in total. The van der Waals surface area contributed by atoms with E-state index in [1.165, 1.54) is 26.0 Å². The Balaban J connectivity index is 2.03. The van der Waals surface area contributed by atoms with Crippen LogP contribution in [0.25, 0.3) is 0 Å². The second kappa shape index (κ2) is 7.22. The first-order valence-corrected chi connectivity index (χ1v) is 7.82. The summed E-state index contributed by atoms with van der Waals surface area (Å²) in [4.78, 5) is 27.4. The quantitative estimate of drug-likeness (QED) is 0.617. The highest BCUT2D eigenvalue weighted by Gasteiger charge is 2.34. The van der Waals surface area contributed by atoms with Gasteiger partial charge in [0.15, 0.2) is 11.5 Å². The molecule has 1 aliphatic heterocycles. The summed E-state index contributed by atoms with van der Waals surface area (Å²) in [5, 5.41) is 5.49. The molecule has 26 heavy (non-hydrogen) atoms. The highest BCUT2D eigenvalue weighted by Crippen LogP contribution is 2.36. The minimum absolute atomic E-state index is 0.150. The van der Waals surface area contributed by atoms with Crippen LogP contribution < -0.4 is 9.47 Å². The number of nitrogens with zero attached hydrogens (tertiary/aromatic N) is 3. The molecule has 0 bridgehead atoms. The van der Waals surface area contributed by atoms with Crippen molar-refractivity contribution in [2.24, 2.45) is 5.10 Å². The Morgan fingerprint density at radius 2 is 1.88 bits per heavy atom. The van der Waals surface area contributed by atoms with E-state index in [-0.39, 0.29) is 17.6 Å². The third-order valence-corrected chi connectivity index (χ3v) is 3.63. The van der Waals surface area contributed by atoms with Crippen molar-refractivity contribution >= 4 is 17.8 Å². The second-order valence-corrected chi connectivity index (χ2v) is 5.45. The van der Waals surface area contributed by atoms with Crippen molar-refractivity contribution in [2.75, 3.05) is 7.11 Å². The fourth-order valence-corrected chi connectivity index (χ4v) is 2.51. The lowest BCUT2D eigenvalue weighted by Gasteiger charge is -2.19. The summed E-state index contributed by atoms with van der Waals surface area (Å²) in [6.45, 7) is 2.68. The fourth-order valence-electron chi connectivity index (χ4n) is 2.51. The maximum Gasteiger partial charge on any atom is 0.308 e. The zero-order valence-electron chi connectivity index (χ0n) is 14.5. The Bertz CT molecular complexity index is 866. The predicted octanol–water partition coefficient (Wildman–Crippen LogP) is 2.25. The molecule has 1 amide bonds. The fraction of sp³-hybridized carbons (Fsp3) is 0.222. The monoisotopic (exact) mass is 355 g/mol. The summed E-state index contributed by atoms with van der Waals surface area (Å²) in [6, 6.07) is 8.51. The SMILES string of the molecule is COc1cccc(C2=NN(C(C)=O)C(c3ccncc3)O2)c1OC(C)=O. The van der Waals surface area contributed by atoms with Gasteiger partial charge in [-0.05, 0) is 24.3 Å². The van der Waals surface area contributed by atoms with Gasteiger partial charge in [0.05, 0.1) is 12.7 Å². The van der Waals surface area contributed by atoms with Gasteiger partial charge < -0.3 is 14.2 Å². The zero-order chi connectivity index (χ0) is 18.7. The number of hydrogen-bond donors (Lipinski definition) is 0. The van der Waals surface area contributed by atoms with Gasteiger partial charge >= 0.3 is 5.97 Å². The number of hydrogen-bond acceptors (Lipinski definition) is 7. The van der Waals surface area contributed by atoms with Gasteiger partial charge in [0.2, 0.25) is 18.0 Å². The zero-order valence-corrected chi connectivity index (χ0v) is 14.5. The van der Waals surface area contributed by atoms with E-state index < -0.39 is 12.2 Å². The molecule has 2 heterocycles. The standard InChI is InChI=1S/C18H17N3O5/c1-11(22)21-18(13-7-9-19-10-8-13)26-17(20-21)14-5-4-6-15(24-3)16(14)25-12(2)23/h4-10,18H,1-3H3. The van der Waals surface area contributed by atoms with Gasteiger partial charge in [-0.3, -0.25) is 14.6 Å². The number of rotatable bonds is 4. The number of benzene rings is 1. The molecule has 1 unspecified atom stereocenters. The van der Waals surface area contributed by atoms with Crippen LogP contribution in [0, 0.1) is 0 Å². The number of aromatic nitrogens is 1. The lowest BCUT2D eigenvalue weighted by Crippen LogP contribution is -2.25. The molecule has 0 fully saturated rings. The average Bonchev–Trinajstić information content (AvgIpc) is 3.07. The highest BCUT2D eigenvalue weighted by atomic mass is 16.6. The molecule has 2 aromatic rings. The Morgan fingerprint density at radius 1 is 1.15 bits per heavy atom. The summed E-state index contributed by atoms with van der Waals surface area (Å²) >= 11 is 0. The van der Waals surface area contributed by atoms with Crippen LogP contribution in [0.4, 0.5) is 0 Å². The number of para-hydroxylation sites is 1. The maximum absolute atomic E-state index is 12.0. The minimum Gasteiger partial charge on any atom is -0.493 e. The summed E-state index contributed by atoms with van der Waals surface area (Å²) in [7, 11) is 1.46. The number of esters is 1. The lowest BCUT2D eigenvalue weighted by molar-refractivity contribution is -0.135. The molecule has 1 aromatic heterocycles. The molecule has 0 saturated carbocycles. The summed E-state index contributed by atoms with van der Waals surface area (Å²) in [6.07, 6.45) is 2.47. The first kappa shape index (κ1) is 17.4. The smallest absolute Gasteiger partial charge is 0.308 e. The molecule has 1 aromatic carbocycles. The number of ether oxygens (including phenoxy) is 3. The highest BCUT2D eigenvalue weighted by molar-refractivity contribution is 6.00. The van der Waals surface area contributed by atoms with E-state index in [4.69, 9.17) is 14.2 Å². The van der Waals surface area contributed by atoms with Gasteiger partial charge in [0.1, 0.15) is 0 Å². The number of hydrazone groups is 1. The van der Waals surface area contributed by atoms with Gasteiger partial charge in [-0.25, -0.2) is 0 Å². The molecular formula is C18H17N3O5. The van der Waals surface area contributed by atoms with Crippen LogP contribution in [0.1, 0.15) is 31.2 Å². The first-order valence-electron chi connectivity index (χ1n) is 7.82. The molecule has 0 aliphatic carbocycles. The maximum atomic E-state index is 12.0. The van der Waals surface area contributed by atoms with Crippen molar-refractivity contribution in [3.63, 3.8) is 0 Å². The van der Waals surface area contributed by atoms with Crippen molar-refractivity contribution in [3.8, 4) is 11.5 Å². The molecule has 1 atom stereocenters. The Morgan fingerprint density at radius 3 is 2.50 bits per heavy atom. The van der Waals surface area contributed by atoms with Crippen LogP contribution in [0.15, 0.2) is 47.8 Å². The molecule has 3 rings (SSSR count). The third-order valence-electron chi connectivity index (χ3n) is 3.63. The van der Waals surface area contributed by atoms with Gasteiger partial charge in [-0.1, -0.05) is 6.07 Å². The van der Waals surface area contributed by atoms with E-state index >= 15 is 0 Å². The summed E-state index contributed by atoms with van der Waals surface area (Å²) in [5.74, 6) is -0.120. The minimum atomic E-state index is -0.734. The topological polar surface area (TPSA) is 90.3 Å². The molecule has 8 heteroatoms. The summed E-state index contributed by atoms with van der Waals surface area (Å²) < 4.78 is 16.4. The van der Waals surface area contributed by atoms with Crippen LogP contribution in [0.3, 0.4) is 0 Å². The molecule has 134 valence electrons. The normalized spacial score (nSPS) is 15.9. The lowest BCUT2D eigenvalue weighted by atomic mass is 10.2. The van der Waals surface area contributed by atoms with Gasteiger partial charge in [0, 0.05) is 31.8 Å². The number of amides is 1. The van der Waals surface area contributed by atoms with Gasteiger partial charge in [0.25, 0.3) is 0 Å². The van der Waals surface area contributed by atoms with Crippen molar-refractivity contribution in [2.45, 2.75) is 20.1 Å². The van der Waals surface area contributed by atoms with E-state index in [1.807, 2.05) is 0 Å². The van der Waals surface area contributed by atoms with E-state index in [1.54, 1.807) is 42.7 Å². The van der Waals surface area contributed by atoms with Crippen molar-refractivity contribution in [3.05, 3.63) is 53.9 Å². The van der Waals surface area contributed by atoms with Crippen LogP contribution in [-0.2, 0) is 14.3 Å². The molecule has 0 spiro atoms. The van der Waals surface area contributed by atoms with Crippen LogP contribution >= 0.6 is 0 Å². The third kappa shape index (κ3) is 3.34. The number of carbonyl (C=O) groups is 2. The van der Waals surface area contributed by atoms with Crippen LogP contribution in [-0.4, -0.2) is 34.9 Å². The number of pyridine rings is 1. The van der Waals surface area contributed by atoms with Crippen molar-refractivity contribution in [1.29, 1.82) is 0 Å². The first-order chi connectivity index (χ1) is 12.5. The molecule has 0 saturated heterocycles. The molecule has 0 radical (unpaired) electrons.